The van der Waals surface area contributed by atoms with Crippen LogP contribution >= 0.6 is 15.9 Å². The monoisotopic (exact) mass is 360 g/mol. The van der Waals surface area contributed by atoms with Crippen molar-refractivity contribution in [2.45, 2.75) is 12.3 Å². The molecule has 0 aliphatic heterocycles. The first-order valence-electron chi connectivity index (χ1n) is 7.91. The number of benzene rings is 3. The Kier molecular flexibility index (Phi) is 3.88. The van der Waals surface area contributed by atoms with Gasteiger partial charge in [-0.05, 0) is 46.4 Å². The molecule has 23 heavy (non-hydrogen) atoms. The molecule has 3 aromatic carbocycles. The standard InChI is InChI=1S/C22H17Br/c23-20-11-6-10-18(14-20)22-15-19(16-7-2-1-3-8-16)13-17-9-4-5-12-21(17)22/h1-14,22H,15H2. The first-order chi connectivity index (χ1) is 11.3. The number of hydrogen-bond donors (Lipinski definition) is 0. The fraction of sp³-hybridized carbons (Fsp3) is 0.0909. The van der Waals surface area contributed by atoms with Crippen LogP contribution < -0.4 is 0 Å². The highest BCUT2D eigenvalue weighted by atomic mass is 79.9. The molecule has 0 fully saturated rings. The predicted octanol–water partition coefficient (Wildman–Crippen LogP) is 6.53. The first kappa shape index (κ1) is 14.5. The van der Waals surface area contributed by atoms with Crippen molar-refractivity contribution >= 4 is 27.6 Å². The van der Waals surface area contributed by atoms with Gasteiger partial charge in [0.1, 0.15) is 0 Å². The van der Waals surface area contributed by atoms with E-state index in [9.17, 15) is 0 Å². The van der Waals surface area contributed by atoms with Crippen LogP contribution in [0.25, 0.3) is 11.6 Å². The molecule has 0 amide bonds. The highest BCUT2D eigenvalue weighted by molar-refractivity contribution is 9.10. The van der Waals surface area contributed by atoms with E-state index in [2.05, 4.69) is 101 Å². The summed E-state index contributed by atoms with van der Waals surface area (Å²) in [4.78, 5) is 0. The Balaban J connectivity index is 1.84. The van der Waals surface area contributed by atoms with E-state index in [-0.39, 0.29) is 0 Å². The molecule has 0 nitrogen and oxygen atoms in total. The van der Waals surface area contributed by atoms with Crippen molar-refractivity contribution in [1.82, 2.24) is 0 Å². The fourth-order valence-electron chi connectivity index (χ4n) is 3.41. The van der Waals surface area contributed by atoms with E-state index in [4.69, 9.17) is 0 Å². The maximum atomic E-state index is 3.61. The van der Waals surface area contributed by atoms with E-state index in [1.165, 1.54) is 27.8 Å². The zero-order valence-corrected chi connectivity index (χ0v) is 14.3. The lowest BCUT2D eigenvalue weighted by Crippen LogP contribution is -2.08. The van der Waals surface area contributed by atoms with E-state index < -0.39 is 0 Å². The number of fused-ring (bicyclic) bond motifs is 1. The lowest BCUT2D eigenvalue weighted by Gasteiger charge is -2.26. The van der Waals surface area contributed by atoms with Gasteiger partial charge in [0.15, 0.2) is 0 Å². The van der Waals surface area contributed by atoms with Crippen LogP contribution in [0.5, 0.6) is 0 Å². The molecule has 0 N–H and O–H groups in total. The molecule has 1 aliphatic carbocycles. The maximum Gasteiger partial charge on any atom is 0.0178 e. The van der Waals surface area contributed by atoms with Crippen molar-refractivity contribution in [3.05, 3.63) is 106 Å². The molecule has 0 radical (unpaired) electrons. The minimum atomic E-state index is 0.406. The molecule has 1 atom stereocenters. The summed E-state index contributed by atoms with van der Waals surface area (Å²) in [6, 6.07) is 28.2. The van der Waals surface area contributed by atoms with E-state index in [1.54, 1.807) is 0 Å². The SMILES string of the molecule is Brc1cccc(C2CC(c3ccccc3)=Cc3ccccc32)c1. The third-order valence-corrected chi connectivity index (χ3v) is 5.01. The molecular weight excluding hydrogens is 344 g/mol. The number of rotatable bonds is 2. The normalized spacial score (nSPS) is 16.6. The van der Waals surface area contributed by atoms with Crippen molar-refractivity contribution in [2.24, 2.45) is 0 Å². The molecule has 3 aromatic rings. The second-order valence-corrected chi connectivity index (χ2v) is 6.89. The Bertz CT molecular complexity index is 862. The van der Waals surface area contributed by atoms with Crippen LogP contribution in [0.15, 0.2) is 83.3 Å². The number of allylic oxidation sites excluding steroid dienone is 1. The predicted molar refractivity (Wildman–Crippen MR) is 101 cm³/mol. The van der Waals surface area contributed by atoms with Crippen LogP contribution in [-0.4, -0.2) is 0 Å². The van der Waals surface area contributed by atoms with Gasteiger partial charge in [0.25, 0.3) is 0 Å². The molecule has 4 rings (SSSR count). The van der Waals surface area contributed by atoms with Crippen molar-refractivity contribution in [3.63, 3.8) is 0 Å². The van der Waals surface area contributed by atoms with Crippen molar-refractivity contribution < 1.29 is 0 Å². The Morgan fingerprint density at radius 2 is 1.57 bits per heavy atom. The van der Waals surface area contributed by atoms with E-state index in [0.717, 1.165) is 10.9 Å². The molecule has 0 heterocycles. The molecule has 0 saturated heterocycles. The number of hydrogen-bond acceptors (Lipinski definition) is 0. The zero-order chi connectivity index (χ0) is 15.6. The summed E-state index contributed by atoms with van der Waals surface area (Å²) in [5.41, 5.74) is 6.86. The second-order valence-electron chi connectivity index (χ2n) is 5.98. The average molecular weight is 361 g/mol. The molecule has 1 heteroatoms. The molecule has 0 saturated carbocycles. The molecule has 1 unspecified atom stereocenters. The van der Waals surface area contributed by atoms with Gasteiger partial charge in [-0.3, -0.25) is 0 Å². The van der Waals surface area contributed by atoms with Gasteiger partial charge in [-0.2, -0.15) is 0 Å². The van der Waals surface area contributed by atoms with Crippen molar-refractivity contribution in [2.75, 3.05) is 0 Å². The molecule has 0 spiro atoms. The summed E-state index contributed by atoms with van der Waals surface area (Å²) < 4.78 is 1.14. The van der Waals surface area contributed by atoms with Crippen molar-refractivity contribution in [3.8, 4) is 0 Å². The Labute approximate surface area is 145 Å². The second kappa shape index (κ2) is 6.17. The molecule has 0 aromatic heterocycles. The third-order valence-electron chi connectivity index (χ3n) is 4.52. The van der Waals surface area contributed by atoms with Gasteiger partial charge in [-0.25, -0.2) is 0 Å². The maximum absolute atomic E-state index is 3.61. The summed E-state index contributed by atoms with van der Waals surface area (Å²) in [5, 5.41) is 0. The summed E-state index contributed by atoms with van der Waals surface area (Å²) in [7, 11) is 0. The summed E-state index contributed by atoms with van der Waals surface area (Å²) in [6.07, 6.45) is 3.39. The van der Waals surface area contributed by atoms with Crippen LogP contribution in [0.3, 0.4) is 0 Å². The van der Waals surface area contributed by atoms with Crippen LogP contribution in [0, 0.1) is 0 Å². The summed E-state index contributed by atoms with van der Waals surface area (Å²) >= 11 is 3.61. The smallest absolute Gasteiger partial charge is 0.0178 e. The summed E-state index contributed by atoms with van der Waals surface area (Å²) in [5.74, 6) is 0.406. The van der Waals surface area contributed by atoms with Crippen LogP contribution in [0.1, 0.15) is 34.6 Å². The zero-order valence-electron chi connectivity index (χ0n) is 12.7. The van der Waals surface area contributed by atoms with E-state index in [0.29, 0.717) is 5.92 Å². The molecular formula is C22H17Br. The quantitative estimate of drug-likeness (QED) is 0.487. The van der Waals surface area contributed by atoms with Gasteiger partial charge < -0.3 is 0 Å². The Morgan fingerprint density at radius 1 is 0.783 bits per heavy atom. The third kappa shape index (κ3) is 2.89. The lowest BCUT2D eigenvalue weighted by atomic mass is 9.77. The van der Waals surface area contributed by atoms with Gasteiger partial charge in [0, 0.05) is 10.4 Å². The lowest BCUT2D eigenvalue weighted by molar-refractivity contribution is 0.831. The fourth-order valence-corrected chi connectivity index (χ4v) is 3.83. The average Bonchev–Trinajstić information content (AvgIpc) is 2.61. The molecule has 0 bridgehead atoms. The Hall–Kier alpha value is -2.12. The molecule has 112 valence electrons. The number of halogens is 1. The van der Waals surface area contributed by atoms with E-state index in [1.807, 2.05) is 0 Å². The first-order valence-corrected chi connectivity index (χ1v) is 8.71. The van der Waals surface area contributed by atoms with Crippen LogP contribution in [-0.2, 0) is 0 Å². The van der Waals surface area contributed by atoms with Gasteiger partial charge >= 0.3 is 0 Å². The van der Waals surface area contributed by atoms with Gasteiger partial charge in [0.05, 0.1) is 0 Å². The van der Waals surface area contributed by atoms with Crippen LogP contribution in [0.2, 0.25) is 0 Å². The highest BCUT2D eigenvalue weighted by Crippen LogP contribution is 2.42. The minimum Gasteiger partial charge on any atom is -0.0622 e. The van der Waals surface area contributed by atoms with Gasteiger partial charge in [-0.1, -0.05) is 88.7 Å². The minimum absolute atomic E-state index is 0.406. The largest absolute Gasteiger partial charge is 0.0622 e. The van der Waals surface area contributed by atoms with Gasteiger partial charge in [-0.15, -0.1) is 0 Å². The topological polar surface area (TPSA) is 0 Å². The van der Waals surface area contributed by atoms with Crippen molar-refractivity contribution in [1.29, 1.82) is 0 Å². The molecule has 1 aliphatic rings. The van der Waals surface area contributed by atoms with E-state index >= 15 is 0 Å². The van der Waals surface area contributed by atoms with Gasteiger partial charge in [0.2, 0.25) is 0 Å². The van der Waals surface area contributed by atoms with Crippen LogP contribution in [0.4, 0.5) is 0 Å². The Morgan fingerprint density at radius 3 is 2.39 bits per heavy atom. The summed E-state index contributed by atoms with van der Waals surface area (Å²) in [6.45, 7) is 0. The highest BCUT2D eigenvalue weighted by Gasteiger charge is 2.23.